The first-order valence-corrected chi connectivity index (χ1v) is 12.3. The van der Waals surface area contributed by atoms with Crippen LogP contribution in [0.5, 0.6) is 5.75 Å². The van der Waals surface area contributed by atoms with Gasteiger partial charge in [0.15, 0.2) is 0 Å². The number of rotatable bonds is 8. The smallest absolute Gasteiger partial charge is 0.127 e. The molecule has 3 aromatic rings. The van der Waals surface area contributed by atoms with Crippen molar-refractivity contribution in [2.24, 2.45) is 4.99 Å². The molecule has 184 valence electrons. The van der Waals surface area contributed by atoms with E-state index in [4.69, 9.17) is 21.3 Å². The molecule has 35 heavy (non-hydrogen) atoms. The third-order valence-corrected chi connectivity index (χ3v) is 6.41. The third kappa shape index (κ3) is 6.59. The van der Waals surface area contributed by atoms with E-state index in [0.29, 0.717) is 6.61 Å². The highest BCUT2D eigenvalue weighted by atomic mass is 35.5. The molecule has 0 amide bonds. The van der Waals surface area contributed by atoms with Gasteiger partial charge in [0, 0.05) is 54.2 Å². The summed E-state index contributed by atoms with van der Waals surface area (Å²) in [7, 11) is 2.12. The lowest BCUT2D eigenvalue weighted by Crippen LogP contribution is -2.21. The standard InChI is InChI=1S/C29H32ClN3O.ClH/c1-4-33(5-2)25-15-17-29(34-21-22-10-13-24(30)14-11-22)23(20-25)12-16-27-26-8-6-7-9-28(26)32(3)19-18-31-27;/h6-17,20H,4-5,18-19,21H2,1-3H3;1H/b16-12+;. The number of nitrogens with zero attached hydrogens (tertiary/aromatic N) is 3. The van der Waals surface area contributed by atoms with Crippen LogP contribution in [0.3, 0.4) is 0 Å². The van der Waals surface area contributed by atoms with Gasteiger partial charge in [-0.1, -0.05) is 41.9 Å². The number of aliphatic imine (C=N–C) groups is 1. The normalized spacial score (nSPS) is 13.0. The minimum absolute atomic E-state index is 0. The molecule has 0 atom stereocenters. The van der Waals surface area contributed by atoms with Crippen molar-refractivity contribution in [1.82, 2.24) is 0 Å². The van der Waals surface area contributed by atoms with Gasteiger partial charge in [-0.15, -0.1) is 12.4 Å². The molecule has 0 saturated carbocycles. The van der Waals surface area contributed by atoms with Gasteiger partial charge in [0.1, 0.15) is 12.4 Å². The summed E-state index contributed by atoms with van der Waals surface area (Å²) < 4.78 is 6.26. The zero-order valence-corrected chi connectivity index (χ0v) is 22.1. The SMILES string of the molecule is CCN(CC)c1ccc(OCc2ccc(Cl)cc2)c(/C=C/C2=NCCN(C)c3ccccc32)c1.Cl. The fourth-order valence-corrected chi connectivity index (χ4v) is 4.31. The molecule has 1 aliphatic heterocycles. The first kappa shape index (κ1) is 26.7. The van der Waals surface area contributed by atoms with Crippen LogP contribution in [0.25, 0.3) is 6.08 Å². The average Bonchev–Trinajstić information content (AvgIpc) is 3.02. The number of benzodiazepines with no additional fused rings is 1. The molecule has 6 heteroatoms. The summed E-state index contributed by atoms with van der Waals surface area (Å²) in [4.78, 5) is 9.48. The minimum Gasteiger partial charge on any atom is -0.488 e. The van der Waals surface area contributed by atoms with Crippen LogP contribution in [0.15, 0.2) is 77.8 Å². The van der Waals surface area contributed by atoms with E-state index in [2.05, 4.69) is 85.3 Å². The van der Waals surface area contributed by atoms with E-state index in [1.165, 1.54) is 11.4 Å². The lowest BCUT2D eigenvalue weighted by atomic mass is 10.0. The molecule has 0 spiro atoms. The molecule has 0 radical (unpaired) electrons. The molecule has 3 aromatic carbocycles. The fourth-order valence-electron chi connectivity index (χ4n) is 4.19. The van der Waals surface area contributed by atoms with Crippen LogP contribution in [0.2, 0.25) is 5.02 Å². The Hall–Kier alpha value is -2.95. The number of anilines is 2. The first-order chi connectivity index (χ1) is 16.6. The van der Waals surface area contributed by atoms with Crippen molar-refractivity contribution in [3.8, 4) is 5.75 Å². The number of fused-ring (bicyclic) bond motifs is 1. The molecule has 0 unspecified atom stereocenters. The molecular formula is C29H33Cl2N3O. The van der Waals surface area contributed by atoms with E-state index in [-0.39, 0.29) is 12.4 Å². The van der Waals surface area contributed by atoms with Gasteiger partial charge >= 0.3 is 0 Å². The Morgan fingerprint density at radius 1 is 1.00 bits per heavy atom. The second-order valence-corrected chi connectivity index (χ2v) is 8.78. The van der Waals surface area contributed by atoms with E-state index in [1.807, 2.05) is 24.3 Å². The quantitative estimate of drug-likeness (QED) is 0.323. The Morgan fingerprint density at radius 3 is 2.49 bits per heavy atom. The molecule has 1 aliphatic rings. The number of hydrogen-bond acceptors (Lipinski definition) is 4. The van der Waals surface area contributed by atoms with Crippen molar-refractivity contribution >= 4 is 47.2 Å². The highest BCUT2D eigenvalue weighted by Crippen LogP contribution is 2.29. The van der Waals surface area contributed by atoms with Crippen LogP contribution < -0.4 is 14.5 Å². The van der Waals surface area contributed by atoms with Gasteiger partial charge in [-0.25, -0.2) is 0 Å². The fraction of sp³-hybridized carbons (Fsp3) is 0.276. The van der Waals surface area contributed by atoms with Gasteiger partial charge < -0.3 is 14.5 Å². The Balaban J connectivity index is 0.00000342. The Morgan fingerprint density at radius 2 is 1.74 bits per heavy atom. The van der Waals surface area contributed by atoms with Crippen LogP contribution >= 0.6 is 24.0 Å². The molecular weight excluding hydrogens is 477 g/mol. The second kappa shape index (κ2) is 12.7. The van der Waals surface area contributed by atoms with E-state index in [9.17, 15) is 0 Å². The van der Waals surface area contributed by atoms with Crippen LogP contribution in [0.1, 0.15) is 30.5 Å². The number of ether oxygens (including phenoxy) is 1. The summed E-state index contributed by atoms with van der Waals surface area (Å²) in [5.41, 5.74) is 6.67. The highest BCUT2D eigenvalue weighted by Gasteiger charge is 2.14. The van der Waals surface area contributed by atoms with Crippen LogP contribution in [0, 0.1) is 0 Å². The largest absolute Gasteiger partial charge is 0.488 e. The van der Waals surface area contributed by atoms with E-state index < -0.39 is 0 Å². The van der Waals surface area contributed by atoms with Crippen molar-refractivity contribution in [2.45, 2.75) is 20.5 Å². The third-order valence-electron chi connectivity index (χ3n) is 6.16. The summed E-state index contributed by atoms with van der Waals surface area (Å²) in [5, 5.41) is 0.728. The summed E-state index contributed by atoms with van der Waals surface area (Å²) in [5.74, 6) is 0.849. The van der Waals surface area contributed by atoms with Crippen molar-refractivity contribution in [3.05, 3.63) is 94.5 Å². The monoisotopic (exact) mass is 509 g/mol. The van der Waals surface area contributed by atoms with Crippen molar-refractivity contribution in [3.63, 3.8) is 0 Å². The molecule has 0 N–H and O–H groups in total. The van der Waals surface area contributed by atoms with Gasteiger partial charge in [0.25, 0.3) is 0 Å². The maximum Gasteiger partial charge on any atom is 0.127 e. The molecule has 0 bridgehead atoms. The molecule has 4 rings (SSSR count). The Bertz CT molecular complexity index is 1170. The van der Waals surface area contributed by atoms with Gasteiger partial charge in [-0.05, 0) is 68.0 Å². The van der Waals surface area contributed by atoms with Crippen molar-refractivity contribution < 1.29 is 4.74 Å². The van der Waals surface area contributed by atoms with Crippen LogP contribution in [-0.2, 0) is 6.61 Å². The van der Waals surface area contributed by atoms with Gasteiger partial charge in [-0.2, -0.15) is 0 Å². The zero-order chi connectivity index (χ0) is 23.9. The highest BCUT2D eigenvalue weighted by molar-refractivity contribution is 6.30. The maximum atomic E-state index is 6.26. The second-order valence-electron chi connectivity index (χ2n) is 8.35. The Kier molecular flexibility index (Phi) is 9.64. The lowest BCUT2D eigenvalue weighted by molar-refractivity contribution is 0.305. The first-order valence-electron chi connectivity index (χ1n) is 11.9. The molecule has 0 aliphatic carbocycles. The molecule has 4 nitrogen and oxygen atoms in total. The molecule has 0 fully saturated rings. The van der Waals surface area contributed by atoms with Gasteiger partial charge in [0.05, 0.1) is 12.3 Å². The van der Waals surface area contributed by atoms with Gasteiger partial charge in [0.2, 0.25) is 0 Å². The van der Waals surface area contributed by atoms with Crippen molar-refractivity contribution in [2.75, 3.05) is 43.0 Å². The van der Waals surface area contributed by atoms with Crippen LogP contribution in [-0.4, -0.2) is 38.9 Å². The lowest BCUT2D eigenvalue weighted by Gasteiger charge is -2.22. The number of likely N-dealkylation sites (N-methyl/N-ethyl adjacent to an activating group) is 1. The Labute approximate surface area is 220 Å². The number of allylic oxidation sites excluding steroid dienone is 1. The molecule has 0 saturated heterocycles. The summed E-state index contributed by atoms with van der Waals surface area (Å²) in [6, 6.07) is 22.6. The topological polar surface area (TPSA) is 28.1 Å². The predicted molar refractivity (Wildman–Crippen MR) is 153 cm³/mol. The van der Waals surface area contributed by atoms with E-state index in [0.717, 1.165) is 59.4 Å². The maximum absolute atomic E-state index is 6.26. The molecule has 1 heterocycles. The van der Waals surface area contributed by atoms with Gasteiger partial charge in [-0.3, -0.25) is 4.99 Å². The van der Waals surface area contributed by atoms with Crippen molar-refractivity contribution in [1.29, 1.82) is 0 Å². The predicted octanol–water partition coefficient (Wildman–Crippen LogP) is 7.14. The number of hydrogen-bond donors (Lipinski definition) is 0. The molecule has 0 aromatic heterocycles. The summed E-state index contributed by atoms with van der Waals surface area (Å²) >= 11 is 6.03. The zero-order valence-electron chi connectivity index (χ0n) is 20.6. The van der Waals surface area contributed by atoms with Crippen LogP contribution in [0.4, 0.5) is 11.4 Å². The average molecular weight is 511 g/mol. The number of benzene rings is 3. The summed E-state index contributed by atoms with van der Waals surface area (Å²) in [6.07, 6.45) is 4.25. The number of para-hydroxylation sites is 1. The number of halogens is 2. The van der Waals surface area contributed by atoms with E-state index >= 15 is 0 Å². The minimum atomic E-state index is 0. The van der Waals surface area contributed by atoms with E-state index in [1.54, 1.807) is 0 Å². The summed E-state index contributed by atoms with van der Waals surface area (Å²) in [6.45, 7) is 8.42.